The Balaban J connectivity index is 1.74. The minimum Gasteiger partial charge on any atom is -0.503 e. The number of benzene rings is 3. The first-order valence-electron chi connectivity index (χ1n) is 9.91. The summed E-state index contributed by atoms with van der Waals surface area (Å²) in [5.74, 6) is 0.278. The van der Waals surface area contributed by atoms with Gasteiger partial charge in [0.05, 0.1) is 17.6 Å². The Morgan fingerprint density at radius 3 is 2.65 bits per heavy atom. The summed E-state index contributed by atoms with van der Waals surface area (Å²) in [6, 6.07) is 19.9. The molecule has 0 unspecified atom stereocenters. The topological polar surface area (TPSA) is 57.6 Å². The fraction of sp³-hybridized carbons (Fsp3) is 0.160. The largest absolute Gasteiger partial charge is 0.503 e. The van der Waals surface area contributed by atoms with Crippen LogP contribution in [0.2, 0.25) is 5.02 Å². The number of nitrogens with zero attached hydrogens (tertiary/aromatic N) is 2. The molecular formula is C25H24ClN3O2. The highest BCUT2D eigenvalue weighted by Crippen LogP contribution is 2.39. The molecule has 158 valence electrons. The summed E-state index contributed by atoms with van der Waals surface area (Å²) in [7, 11) is 5.62. The van der Waals surface area contributed by atoms with E-state index in [1.807, 2.05) is 18.2 Å². The van der Waals surface area contributed by atoms with Crippen LogP contribution in [0.15, 0.2) is 66.9 Å². The Morgan fingerprint density at radius 1 is 1.03 bits per heavy atom. The molecule has 0 atom stereocenters. The zero-order valence-electron chi connectivity index (χ0n) is 17.7. The second-order valence-corrected chi connectivity index (χ2v) is 8.07. The predicted molar refractivity (Wildman–Crippen MR) is 128 cm³/mol. The lowest BCUT2D eigenvalue weighted by atomic mass is 10.0. The molecule has 5 nitrogen and oxygen atoms in total. The van der Waals surface area contributed by atoms with Gasteiger partial charge < -0.3 is 20.1 Å². The fourth-order valence-corrected chi connectivity index (χ4v) is 3.81. The Hall–Kier alpha value is -3.28. The monoisotopic (exact) mass is 433 g/mol. The molecule has 1 aromatic heterocycles. The van der Waals surface area contributed by atoms with E-state index in [4.69, 9.17) is 16.3 Å². The molecular weight excluding hydrogens is 410 g/mol. The van der Waals surface area contributed by atoms with E-state index in [9.17, 15) is 5.11 Å². The number of fused-ring (bicyclic) bond motifs is 1. The molecule has 2 N–H and O–H groups in total. The zero-order chi connectivity index (χ0) is 22.0. The molecule has 0 bridgehead atoms. The van der Waals surface area contributed by atoms with E-state index in [1.165, 1.54) is 12.7 Å². The van der Waals surface area contributed by atoms with Crippen LogP contribution in [0.25, 0.3) is 22.0 Å². The van der Waals surface area contributed by atoms with E-state index >= 15 is 0 Å². The van der Waals surface area contributed by atoms with Gasteiger partial charge in [0.2, 0.25) is 0 Å². The Morgan fingerprint density at radius 2 is 1.87 bits per heavy atom. The summed E-state index contributed by atoms with van der Waals surface area (Å²) in [4.78, 5) is 6.65. The van der Waals surface area contributed by atoms with E-state index in [1.54, 1.807) is 18.3 Å². The first kappa shape index (κ1) is 21.0. The maximum atomic E-state index is 10.0. The van der Waals surface area contributed by atoms with Crippen molar-refractivity contribution in [1.82, 2.24) is 9.88 Å². The molecule has 0 aliphatic heterocycles. The van der Waals surface area contributed by atoms with Crippen molar-refractivity contribution >= 4 is 33.9 Å². The van der Waals surface area contributed by atoms with Gasteiger partial charge in [-0.15, -0.1) is 0 Å². The van der Waals surface area contributed by atoms with Crippen LogP contribution in [0.3, 0.4) is 0 Å². The predicted octanol–water partition coefficient (Wildman–Crippen LogP) is 6.07. The van der Waals surface area contributed by atoms with Crippen LogP contribution in [0, 0.1) is 0 Å². The van der Waals surface area contributed by atoms with E-state index in [-0.39, 0.29) is 10.8 Å². The van der Waals surface area contributed by atoms with E-state index in [0.717, 1.165) is 39.9 Å². The van der Waals surface area contributed by atoms with Gasteiger partial charge in [-0.25, -0.2) is 0 Å². The van der Waals surface area contributed by atoms with Crippen molar-refractivity contribution in [2.75, 3.05) is 26.5 Å². The van der Waals surface area contributed by atoms with Gasteiger partial charge in [-0.2, -0.15) is 0 Å². The van der Waals surface area contributed by atoms with Crippen LogP contribution in [-0.2, 0) is 6.54 Å². The van der Waals surface area contributed by atoms with Gasteiger partial charge in [-0.1, -0.05) is 29.8 Å². The SMILES string of the molecule is COc1cc(-c2ccc3nccc(Nc4cccc(CN(C)C)c4)c3c2)cc(Cl)c1O. The molecule has 0 amide bonds. The van der Waals surface area contributed by atoms with Crippen molar-refractivity contribution in [3.05, 3.63) is 77.4 Å². The molecule has 4 rings (SSSR count). The highest BCUT2D eigenvalue weighted by Gasteiger charge is 2.12. The molecule has 0 spiro atoms. The molecule has 31 heavy (non-hydrogen) atoms. The summed E-state index contributed by atoms with van der Waals surface area (Å²) in [5.41, 5.74) is 5.90. The number of rotatable bonds is 6. The van der Waals surface area contributed by atoms with Crippen LogP contribution in [-0.4, -0.2) is 36.2 Å². The summed E-state index contributed by atoms with van der Waals surface area (Å²) < 4.78 is 5.25. The van der Waals surface area contributed by atoms with Gasteiger partial charge in [-0.3, -0.25) is 4.98 Å². The fourth-order valence-electron chi connectivity index (χ4n) is 3.60. The number of aromatic nitrogens is 1. The van der Waals surface area contributed by atoms with Gasteiger partial charge in [0.25, 0.3) is 0 Å². The number of hydrogen-bond acceptors (Lipinski definition) is 5. The van der Waals surface area contributed by atoms with E-state index in [0.29, 0.717) is 5.75 Å². The van der Waals surface area contributed by atoms with E-state index < -0.39 is 0 Å². The second-order valence-electron chi connectivity index (χ2n) is 7.66. The third kappa shape index (κ3) is 4.58. The normalized spacial score (nSPS) is 11.1. The van der Waals surface area contributed by atoms with Crippen molar-refractivity contribution in [2.24, 2.45) is 0 Å². The third-order valence-corrected chi connectivity index (χ3v) is 5.32. The lowest BCUT2D eigenvalue weighted by Crippen LogP contribution is -2.10. The summed E-state index contributed by atoms with van der Waals surface area (Å²) >= 11 is 6.20. The molecule has 0 fully saturated rings. The number of phenols is 1. The number of ether oxygens (including phenoxy) is 1. The molecule has 4 aromatic rings. The number of phenolic OH excluding ortho intramolecular Hbond substituents is 1. The summed E-state index contributed by atoms with van der Waals surface area (Å²) in [6.45, 7) is 0.875. The molecule has 0 aliphatic rings. The number of anilines is 2. The Bertz CT molecular complexity index is 1240. The number of methoxy groups -OCH3 is 1. The zero-order valence-corrected chi connectivity index (χ0v) is 18.4. The van der Waals surface area contributed by atoms with Crippen molar-refractivity contribution < 1.29 is 9.84 Å². The van der Waals surface area contributed by atoms with Crippen molar-refractivity contribution in [3.63, 3.8) is 0 Å². The highest BCUT2D eigenvalue weighted by molar-refractivity contribution is 6.32. The molecule has 0 radical (unpaired) electrons. The van der Waals surface area contributed by atoms with Crippen molar-refractivity contribution in [1.29, 1.82) is 0 Å². The Labute approximate surface area is 186 Å². The molecule has 0 aliphatic carbocycles. The lowest BCUT2D eigenvalue weighted by Gasteiger charge is -2.14. The molecule has 1 heterocycles. The molecule has 0 saturated heterocycles. The molecule has 6 heteroatoms. The van der Waals surface area contributed by atoms with Gasteiger partial charge in [0.1, 0.15) is 0 Å². The number of aromatic hydroxyl groups is 1. The average Bonchev–Trinajstić information content (AvgIpc) is 2.75. The number of nitrogens with one attached hydrogen (secondary N) is 1. The maximum Gasteiger partial charge on any atom is 0.176 e. The number of halogens is 1. The smallest absolute Gasteiger partial charge is 0.176 e. The molecule has 0 saturated carbocycles. The first-order chi connectivity index (χ1) is 14.9. The summed E-state index contributed by atoms with van der Waals surface area (Å²) in [5, 5.41) is 14.8. The van der Waals surface area contributed by atoms with Gasteiger partial charge >= 0.3 is 0 Å². The minimum absolute atomic E-state index is 0.0599. The lowest BCUT2D eigenvalue weighted by molar-refractivity contribution is 0.374. The quantitative estimate of drug-likeness (QED) is 0.386. The maximum absolute atomic E-state index is 10.0. The van der Waals surface area contributed by atoms with Gasteiger partial charge in [-0.05, 0) is 73.3 Å². The van der Waals surface area contributed by atoms with Gasteiger partial charge in [0.15, 0.2) is 11.5 Å². The van der Waals surface area contributed by atoms with Crippen LogP contribution in [0.1, 0.15) is 5.56 Å². The van der Waals surface area contributed by atoms with Gasteiger partial charge in [0, 0.05) is 29.5 Å². The van der Waals surface area contributed by atoms with Crippen LogP contribution in [0.5, 0.6) is 11.5 Å². The van der Waals surface area contributed by atoms with Crippen LogP contribution >= 0.6 is 11.6 Å². The first-order valence-corrected chi connectivity index (χ1v) is 10.3. The molecule has 3 aromatic carbocycles. The third-order valence-electron chi connectivity index (χ3n) is 5.03. The van der Waals surface area contributed by atoms with E-state index in [2.05, 4.69) is 59.6 Å². The second kappa shape index (κ2) is 8.84. The number of pyridine rings is 1. The Kier molecular flexibility index (Phi) is 5.98. The minimum atomic E-state index is -0.0599. The van der Waals surface area contributed by atoms with Crippen LogP contribution in [0.4, 0.5) is 11.4 Å². The average molecular weight is 434 g/mol. The highest BCUT2D eigenvalue weighted by atomic mass is 35.5. The van der Waals surface area contributed by atoms with Crippen LogP contribution < -0.4 is 10.1 Å². The van der Waals surface area contributed by atoms with Crippen molar-refractivity contribution in [3.8, 4) is 22.6 Å². The standard InChI is InChI=1S/C25H24ClN3O2/c1-29(2)15-16-5-4-6-19(11-16)28-23-9-10-27-22-8-7-17(12-20(22)23)18-13-21(26)25(30)24(14-18)31-3/h4-14,30H,15H2,1-3H3,(H,27,28). The number of hydrogen-bond donors (Lipinski definition) is 2. The summed E-state index contributed by atoms with van der Waals surface area (Å²) in [6.07, 6.45) is 1.80. The van der Waals surface area contributed by atoms with Crippen molar-refractivity contribution in [2.45, 2.75) is 6.54 Å².